The van der Waals surface area contributed by atoms with Crippen LogP contribution in [-0.4, -0.2) is 18.2 Å². The van der Waals surface area contributed by atoms with E-state index in [0.717, 1.165) is 41.6 Å². The van der Waals surface area contributed by atoms with Crippen LogP contribution in [0.5, 0.6) is 11.5 Å². The molecule has 0 saturated heterocycles. The molecule has 1 N–H and O–H groups in total. The Hall–Kier alpha value is -1.75. The zero-order chi connectivity index (χ0) is 14.5. The lowest BCUT2D eigenvalue weighted by atomic mass is 10.2. The van der Waals surface area contributed by atoms with E-state index in [1.807, 2.05) is 29.8 Å². The summed E-state index contributed by atoms with van der Waals surface area (Å²) in [6.45, 7) is 0.729. The lowest BCUT2D eigenvalue weighted by Crippen LogP contribution is -2.12. The molecule has 1 fully saturated rings. The number of hydrogen-bond donors (Lipinski definition) is 1. The second-order valence-electron chi connectivity index (χ2n) is 5.17. The average molecular weight is 304 g/mol. The van der Waals surface area contributed by atoms with Gasteiger partial charge in [-0.3, -0.25) is 0 Å². The highest BCUT2D eigenvalue weighted by Gasteiger charge is 2.18. The number of nitrogens with zero attached hydrogens (tertiary/aromatic N) is 1. The number of hydrogen-bond acceptors (Lipinski definition) is 5. The summed E-state index contributed by atoms with van der Waals surface area (Å²) in [5, 5.41) is 6.44. The molecule has 5 heteroatoms. The monoisotopic (exact) mass is 304 g/mol. The number of benzene rings is 1. The van der Waals surface area contributed by atoms with Crippen LogP contribution in [0.25, 0.3) is 0 Å². The first kappa shape index (κ1) is 14.2. The van der Waals surface area contributed by atoms with Crippen molar-refractivity contribution >= 4 is 17.0 Å². The lowest BCUT2D eigenvalue weighted by Gasteiger charge is -2.17. The van der Waals surface area contributed by atoms with E-state index in [9.17, 15) is 0 Å². The second kappa shape index (κ2) is 6.80. The van der Waals surface area contributed by atoms with E-state index in [0.29, 0.717) is 6.10 Å². The Kier molecular flexibility index (Phi) is 4.60. The fourth-order valence-corrected chi connectivity index (χ4v) is 3.14. The van der Waals surface area contributed by atoms with Crippen molar-refractivity contribution in [1.82, 2.24) is 4.98 Å². The standard InChI is InChI=1S/C16H20N2O2S/c1-19-14-7-6-12(18-11-16-17-8-9-21-16)10-15(14)20-13-4-2-3-5-13/h6-10,13,18H,2-5,11H2,1H3. The number of ether oxygens (including phenoxy) is 2. The van der Waals surface area contributed by atoms with Gasteiger partial charge in [-0.25, -0.2) is 4.98 Å². The molecule has 1 aromatic carbocycles. The van der Waals surface area contributed by atoms with Gasteiger partial charge >= 0.3 is 0 Å². The highest BCUT2D eigenvalue weighted by molar-refractivity contribution is 7.09. The third-order valence-corrected chi connectivity index (χ3v) is 4.47. The summed E-state index contributed by atoms with van der Waals surface area (Å²) in [7, 11) is 1.68. The Morgan fingerprint density at radius 2 is 2.14 bits per heavy atom. The minimum Gasteiger partial charge on any atom is -0.493 e. The van der Waals surface area contributed by atoms with Crippen LogP contribution >= 0.6 is 11.3 Å². The minimum atomic E-state index is 0.327. The number of nitrogens with one attached hydrogen (secondary N) is 1. The zero-order valence-electron chi connectivity index (χ0n) is 12.2. The quantitative estimate of drug-likeness (QED) is 0.873. The highest BCUT2D eigenvalue weighted by Crippen LogP contribution is 2.34. The first-order valence-electron chi connectivity index (χ1n) is 7.32. The number of anilines is 1. The molecule has 0 spiro atoms. The molecule has 21 heavy (non-hydrogen) atoms. The lowest BCUT2D eigenvalue weighted by molar-refractivity contribution is 0.201. The normalized spacial score (nSPS) is 15.1. The molecule has 0 aliphatic heterocycles. The predicted molar refractivity (Wildman–Crippen MR) is 85.3 cm³/mol. The van der Waals surface area contributed by atoms with Gasteiger partial charge in [-0.05, 0) is 37.8 Å². The van der Waals surface area contributed by atoms with E-state index in [1.54, 1.807) is 18.4 Å². The van der Waals surface area contributed by atoms with Crippen molar-refractivity contribution in [2.24, 2.45) is 0 Å². The Morgan fingerprint density at radius 1 is 1.29 bits per heavy atom. The molecule has 1 aliphatic rings. The maximum Gasteiger partial charge on any atom is 0.163 e. The summed E-state index contributed by atoms with van der Waals surface area (Å²) in [6, 6.07) is 5.98. The van der Waals surface area contributed by atoms with E-state index in [-0.39, 0.29) is 0 Å². The molecule has 0 amide bonds. The number of rotatable bonds is 6. The van der Waals surface area contributed by atoms with Gasteiger partial charge in [-0.2, -0.15) is 0 Å². The minimum absolute atomic E-state index is 0.327. The molecule has 3 rings (SSSR count). The van der Waals surface area contributed by atoms with Gasteiger partial charge in [0.2, 0.25) is 0 Å². The molecule has 112 valence electrons. The third-order valence-electron chi connectivity index (χ3n) is 3.69. The van der Waals surface area contributed by atoms with Gasteiger partial charge in [0.1, 0.15) is 5.01 Å². The van der Waals surface area contributed by atoms with Gasteiger partial charge in [0, 0.05) is 23.3 Å². The third kappa shape index (κ3) is 3.67. The van der Waals surface area contributed by atoms with E-state index in [1.165, 1.54) is 12.8 Å². The van der Waals surface area contributed by atoms with Crippen molar-refractivity contribution in [2.75, 3.05) is 12.4 Å². The molecule has 1 heterocycles. The summed E-state index contributed by atoms with van der Waals surface area (Å²) in [5.74, 6) is 1.62. The van der Waals surface area contributed by atoms with E-state index < -0.39 is 0 Å². The van der Waals surface area contributed by atoms with E-state index in [2.05, 4.69) is 10.3 Å². The first-order chi connectivity index (χ1) is 10.3. The van der Waals surface area contributed by atoms with Gasteiger partial charge in [0.15, 0.2) is 11.5 Å². The fourth-order valence-electron chi connectivity index (χ4n) is 2.58. The predicted octanol–water partition coefficient (Wildman–Crippen LogP) is 4.09. The Balaban J connectivity index is 1.69. The Morgan fingerprint density at radius 3 is 2.86 bits per heavy atom. The van der Waals surface area contributed by atoms with Crippen LogP contribution in [0.4, 0.5) is 5.69 Å². The molecule has 1 saturated carbocycles. The smallest absolute Gasteiger partial charge is 0.163 e. The van der Waals surface area contributed by atoms with Gasteiger partial charge in [0.25, 0.3) is 0 Å². The van der Waals surface area contributed by atoms with Crippen molar-refractivity contribution < 1.29 is 9.47 Å². The van der Waals surface area contributed by atoms with Crippen molar-refractivity contribution in [3.63, 3.8) is 0 Å². The van der Waals surface area contributed by atoms with Gasteiger partial charge in [-0.15, -0.1) is 11.3 Å². The highest BCUT2D eigenvalue weighted by atomic mass is 32.1. The van der Waals surface area contributed by atoms with Crippen molar-refractivity contribution in [1.29, 1.82) is 0 Å². The average Bonchev–Trinajstić information content (AvgIpc) is 3.18. The zero-order valence-corrected chi connectivity index (χ0v) is 13.0. The summed E-state index contributed by atoms with van der Waals surface area (Å²) >= 11 is 1.65. The van der Waals surface area contributed by atoms with Gasteiger partial charge in [0.05, 0.1) is 19.8 Å². The van der Waals surface area contributed by atoms with Gasteiger partial charge < -0.3 is 14.8 Å². The van der Waals surface area contributed by atoms with E-state index in [4.69, 9.17) is 9.47 Å². The van der Waals surface area contributed by atoms with Crippen LogP contribution in [0.15, 0.2) is 29.8 Å². The molecular weight excluding hydrogens is 284 g/mol. The van der Waals surface area contributed by atoms with Crippen LogP contribution in [-0.2, 0) is 6.54 Å². The molecule has 1 aromatic heterocycles. The topological polar surface area (TPSA) is 43.4 Å². The maximum atomic E-state index is 6.10. The van der Waals surface area contributed by atoms with Crippen molar-refractivity contribution in [3.8, 4) is 11.5 Å². The fraction of sp³-hybridized carbons (Fsp3) is 0.438. The molecular formula is C16H20N2O2S. The van der Waals surface area contributed by atoms with Crippen molar-refractivity contribution in [2.45, 2.75) is 38.3 Å². The largest absolute Gasteiger partial charge is 0.493 e. The van der Waals surface area contributed by atoms with Crippen LogP contribution < -0.4 is 14.8 Å². The molecule has 0 bridgehead atoms. The molecule has 1 aliphatic carbocycles. The summed E-state index contributed by atoms with van der Waals surface area (Å²) in [5.41, 5.74) is 1.03. The first-order valence-corrected chi connectivity index (χ1v) is 8.20. The molecule has 0 atom stereocenters. The van der Waals surface area contributed by atoms with E-state index >= 15 is 0 Å². The van der Waals surface area contributed by atoms with Crippen molar-refractivity contribution in [3.05, 3.63) is 34.8 Å². The Bertz CT molecular complexity index is 566. The molecule has 0 radical (unpaired) electrons. The van der Waals surface area contributed by atoms with Gasteiger partial charge in [-0.1, -0.05) is 0 Å². The number of methoxy groups -OCH3 is 1. The SMILES string of the molecule is COc1ccc(NCc2nccs2)cc1OC1CCCC1. The van der Waals surface area contributed by atoms with Crippen LogP contribution in [0, 0.1) is 0 Å². The van der Waals surface area contributed by atoms with Crippen LogP contribution in [0.3, 0.4) is 0 Å². The molecule has 2 aromatic rings. The summed E-state index contributed by atoms with van der Waals surface area (Å²) < 4.78 is 11.5. The summed E-state index contributed by atoms with van der Waals surface area (Å²) in [6.07, 6.45) is 6.95. The number of thiazole rings is 1. The second-order valence-corrected chi connectivity index (χ2v) is 6.15. The number of aromatic nitrogens is 1. The summed E-state index contributed by atoms with van der Waals surface area (Å²) in [4.78, 5) is 4.27. The maximum absolute atomic E-state index is 6.10. The molecule has 4 nitrogen and oxygen atoms in total. The Labute approximate surface area is 129 Å². The van der Waals surface area contributed by atoms with Crippen LogP contribution in [0.1, 0.15) is 30.7 Å². The van der Waals surface area contributed by atoms with Crippen LogP contribution in [0.2, 0.25) is 0 Å². The molecule has 0 unspecified atom stereocenters.